The van der Waals surface area contributed by atoms with Gasteiger partial charge in [-0.1, -0.05) is 37.4 Å². The van der Waals surface area contributed by atoms with Crippen molar-refractivity contribution in [2.75, 3.05) is 18.0 Å². The van der Waals surface area contributed by atoms with E-state index >= 15 is 0 Å². The molecule has 3 rings (SSSR count). The van der Waals surface area contributed by atoms with Crippen molar-refractivity contribution in [2.24, 2.45) is 5.92 Å². The summed E-state index contributed by atoms with van der Waals surface area (Å²) in [4.78, 5) is 2.66. The lowest BCUT2D eigenvalue weighted by molar-refractivity contribution is 0.430. The van der Waals surface area contributed by atoms with Crippen LogP contribution in [0, 0.1) is 5.92 Å². The molecule has 1 saturated carbocycles. The lowest BCUT2D eigenvalue weighted by atomic mass is 9.95. The number of hydrogen-bond acceptors (Lipinski definition) is 2. The van der Waals surface area contributed by atoms with Crippen LogP contribution in [0.2, 0.25) is 5.02 Å². The molecule has 1 heterocycles. The largest absolute Gasteiger partial charge is 0.368 e. The van der Waals surface area contributed by atoms with E-state index in [-0.39, 0.29) is 0 Å². The number of anilines is 1. The molecule has 1 aromatic carbocycles. The van der Waals surface area contributed by atoms with Gasteiger partial charge < -0.3 is 10.2 Å². The van der Waals surface area contributed by atoms with Crippen LogP contribution in [-0.2, 0) is 6.54 Å². The van der Waals surface area contributed by atoms with E-state index in [1.54, 1.807) is 0 Å². The van der Waals surface area contributed by atoms with Crippen LogP contribution in [0.4, 0.5) is 5.69 Å². The topological polar surface area (TPSA) is 15.3 Å². The quantitative estimate of drug-likeness (QED) is 0.854. The van der Waals surface area contributed by atoms with Gasteiger partial charge in [0, 0.05) is 29.8 Å². The number of nitrogens with zero attached hydrogens (tertiary/aromatic N) is 1. The zero-order chi connectivity index (χ0) is 14.7. The number of benzene rings is 1. The second-order valence-corrected chi connectivity index (χ2v) is 6.94. The van der Waals surface area contributed by atoms with Gasteiger partial charge in [0.25, 0.3) is 0 Å². The molecule has 1 aliphatic carbocycles. The molecule has 2 fully saturated rings. The van der Waals surface area contributed by atoms with Gasteiger partial charge in [-0.3, -0.25) is 0 Å². The molecule has 116 valence electrons. The molecule has 1 saturated heterocycles. The summed E-state index contributed by atoms with van der Waals surface area (Å²) in [5, 5.41) is 4.33. The second-order valence-electron chi connectivity index (χ2n) is 6.50. The summed E-state index contributed by atoms with van der Waals surface area (Å²) in [7, 11) is 0. The highest BCUT2D eigenvalue weighted by Gasteiger charge is 2.34. The third-order valence-electron chi connectivity index (χ3n) is 5.17. The van der Waals surface area contributed by atoms with Crippen LogP contribution in [0.25, 0.3) is 0 Å². The van der Waals surface area contributed by atoms with Crippen LogP contribution in [0.1, 0.15) is 51.0 Å². The number of rotatable bonds is 5. The van der Waals surface area contributed by atoms with Crippen molar-refractivity contribution in [3.8, 4) is 0 Å². The molecule has 1 unspecified atom stereocenters. The molecule has 1 aromatic rings. The van der Waals surface area contributed by atoms with E-state index < -0.39 is 0 Å². The minimum absolute atomic E-state index is 0.742. The van der Waals surface area contributed by atoms with Gasteiger partial charge >= 0.3 is 0 Å². The van der Waals surface area contributed by atoms with Crippen LogP contribution in [0.3, 0.4) is 0 Å². The molecule has 0 radical (unpaired) electrons. The Bertz CT molecular complexity index is 468. The van der Waals surface area contributed by atoms with Gasteiger partial charge in [0.1, 0.15) is 0 Å². The lowest BCUT2D eigenvalue weighted by Crippen LogP contribution is -2.35. The summed E-state index contributed by atoms with van der Waals surface area (Å²) in [6.07, 6.45) is 8.38. The van der Waals surface area contributed by atoms with E-state index in [2.05, 4.69) is 29.3 Å². The Kier molecular flexibility index (Phi) is 5.07. The van der Waals surface area contributed by atoms with Crippen molar-refractivity contribution in [2.45, 2.75) is 58.0 Å². The molecule has 0 amide bonds. The van der Waals surface area contributed by atoms with Crippen molar-refractivity contribution < 1.29 is 0 Å². The van der Waals surface area contributed by atoms with Crippen LogP contribution in [0.15, 0.2) is 18.2 Å². The van der Waals surface area contributed by atoms with Crippen molar-refractivity contribution >= 4 is 17.3 Å². The fourth-order valence-corrected chi connectivity index (χ4v) is 4.30. The Balaban J connectivity index is 1.84. The van der Waals surface area contributed by atoms with E-state index in [0.717, 1.165) is 30.1 Å². The summed E-state index contributed by atoms with van der Waals surface area (Å²) in [5.74, 6) is 0.901. The summed E-state index contributed by atoms with van der Waals surface area (Å²) in [6.45, 7) is 5.30. The molecule has 1 aliphatic heterocycles. The fourth-order valence-electron chi connectivity index (χ4n) is 4.14. The molecule has 0 aromatic heterocycles. The van der Waals surface area contributed by atoms with Crippen molar-refractivity contribution in [3.05, 3.63) is 28.8 Å². The highest BCUT2D eigenvalue weighted by molar-refractivity contribution is 6.30. The van der Waals surface area contributed by atoms with E-state index in [0.29, 0.717) is 0 Å². The average Bonchev–Trinajstić information content (AvgIpc) is 3.16. The third kappa shape index (κ3) is 3.37. The summed E-state index contributed by atoms with van der Waals surface area (Å²) < 4.78 is 0. The Hall–Kier alpha value is -0.730. The summed E-state index contributed by atoms with van der Waals surface area (Å²) >= 11 is 6.29. The molecule has 0 bridgehead atoms. The maximum Gasteiger partial charge on any atom is 0.0429 e. The monoisotopic (exact) mass is 306 g/mol. The molecule has 2 nitrogen and oxygen atoms in total. The normalized spacial score (nSPS) is 23.1. The molecular formula is C18H27ClN2. The Morgan fingerprint density at radius 1 is 1.19 bits per heavy atom. The minimum atomic E-state index is 0.742. The van der Waals surface area contributed by atoms with Gasteiger partial charge in [0.2, 0.25) is 0 Å². The lowest BCUT2D eigenvalue weighted by Gasteiger charge is -2.33. The van der Waals surface area contributed by atoms with Crippen molar-refractivity contribution in [3.63, 3.8) is 0 Å². The highest BCUT2D eigenvalue weighted by atomic mass is 35.5. The van der Waals surface area contributed by atoms with E-state index in [1.807, 2.05) is 6.07 Å². The fraction of sp³-hybridized carbons (Fsp3) is 0.667. The Morgan fingerprint density at radius 2 is 2.00 bits per heavy atom. The summed E-state index contributed by atoms with van der Waals surface area (Å²) in [6, 6.07) is 7.15. The van der Waals surface area contributed by atoms with Crippen LogP contribution >= 0.6 is 11.6 Å². The maximum absolute atomic E-state index is 6.29. The summed E-state index contributed by atoms with van der Waals surface area (Å²) in [5.41, 5.74) is 2.77. The zero-order valence-electron chi connectivity index (χ0n) is 13.1. The van der Waals surface area contributed by atoms with E-state index in [4.69, 9.17) is 11.6 Å². The van der Waals surface area contributed by atoms with Crippen LogP contribution in [-0.4, -0.2) is 19.1 Å². The predicted molar refractivity (Wildman–Crippen MR) is 91.2 cm³/mol. The maximum atomic E-state index is 6.29. The smallest absolute Gasteiger partial charge is 0.0429 e. The first kappa shape index (κ1) is 15.2. The van der Waals surface area contributed by atoms with E-state index in [1.165, 1.54) is 56.3 Å². The first-order chi connectivity index (χ1) is 10.3. The van der Waals surface area contributed by atoms with Crippen molar-refractivity contribution in [1.29, 1.82) is 0 Å². The Labute approximate surface area is 133 Å². The van der Waals surface area contributed by atoms with E-state index in [9.17, 15) is 0 Å². The van der Waals surface area contributed by atoms with Gasteiger partial charge in [-0.2, -0.15) is 0 Å². The number of halogens is 1. The minimum Gasteiger partial charge on any atom is -0.368 e. The molecule has 0 spiro atoms. The molecule has 2 aliphatic rings. The standard InChI is InChI=1S/C18H27ClN2/c1-2-20-13-15-9-10-16(19)12-18(15)21-11-5-8-17(21)14-6-3-4-7-14/h9-10,12,14,17,20H,2-8,11,13H2,1H3. The first-order valence-electron chi connectivity index (χ1n) is 8.55. The average molecular weight is 307 g/mol. The Morgan fingerprint density at radius 3 is 2.76 bits per heavy atom. The number of hydrogen-bond donors (Lipinski definition) is 1. The van der Waals surface area contributed by atoms with Gasteiger partial charge in [-0.15, -0.1) is 0 Å². The molecular weight excluding hydrogens is 280 g/mol. The highest BCUT2D eigenvalue weighted by Crippen LogP contribution is 2.39. The second kappa shape index (κ2) is 7.02. The first-order valence-corrected chi connectivity index (χ1v) is 8.93. The third-order valence-corrected chi connectivity index (χ3v) is 5.40. The molecule has 1 atom stereocenters. The molecule has 21 heavy (non-hydrogen) atoms. The van der Waals surface area contributed by atoms with Crippen LogP contribution < -0.4 is 10.2 Å². The number of nitrogens with one attached hydrogen (secondary N) is 1. The van der Waals surface area contributed by atoms with Gasteiger partial charge in [-0.05, 0) is 55.8 Å². The molecule has 1 N–H and O–H groups in total. The van der Waals surface area contributed by atoms with Gasteiger partial charge in [0.15, 0.2) is 0 Å². The van der Waals surface area contributed by atoms with Gasteiger partial charge in [0.05, 0.1) is 0 Å². The predicted octanol–water partition coefficient (Wildman–Crippen LogP) is 4.61. The zero-order valence-corrected chi connectivity index (χ0v) is 13.8. The SMILES string of the molecule is CCNCc1ccc(Cl)cc1N1CCCC1C1CCCC1. The molecule has 3 heteroatoms. The van der Waals surface area contributed by atoms with Crippen molar-refractivity contribution in [1.82, 2.24) is 5.32 Å². The van der Waals surface area contributed by atoms with Crippen LogP contribution in [0.5, 0.6) is 0 Å². The van der Waals surface area contributed by atoms with Gasteiger partial charge in [-0.25, -0.2) is 0 Å².